The lowest BCUT2D eigenvalue weighted by atomic mass is 9.79. The van der Waals surface area contributed by atoms with Gasteiger partial charge in [0.2, 0.25) is 5.95 Å². The van der Waals surface area contributed by atoms with Crippen LogP contribution in [-0.2, 0) is 5.41 Å². The molecule has 2 aliphatic heterocycles. The molecular formula is C33H42ClN7S. The largest absolute Gasteiger partial charge is 0.368 e. The average Bonchev–Trinajstić information content (AvgIpc) is 3.51. The van der Waals surface area contributed by atoms with Gasteiger partial charge in [-0.25, -0.2) is 0 Å². The van der Waals surface area contributed by atoms with Gasteiger partial charge < -0.3 is 25.3 Å². The zero-order chi connectivity index (χ0) is 28.9. The van der Waals surface area contributed by atoms with E-state index in [0.717, 1.165) is 81.2 Å². The summed E-state index contributed by atoms with van der Waals surface area (Å²) in [7, 11) is 0. The van der Waals surface area contributed by atoms with Crippen molar-refractivity contribution in [2.75, 3.05) is 65.8 Å². The maximum atomic E-state index is 6.37. The zero-order valence-electron chi connectivity index (χ0n) is 24.6. The van der Waals surface area contributed by atoms with Crippen LogP contribution >= 0.6 is 23.8 Å². The number of anilines is 4. The monoisotopic (exact) mass is 603 g/mol. The summed E-state index contributed by atoms with van der Waals surface area (Å²) in [4.78, 5) is 17.2. The van der Waals surface area contributed by atoms with Crippen LogP contribution in [0.3, 0.4) is 0 Å². The van der Waals surface area contributed by atoms with E-state index in [1.165, 1.54) is 36.9 Å². The first-order valence-electron chi connectivity index (χ1n) is 15.5. The number of nitrogens with one attached hydrogen (secondary N) is 2. The summed E-state index contributed by atoms with van der Waals surface area (Å²) in [5.41, 5.74) is 2.60. The quantitative estimate of drug-likeness (QED) is 0.297. The van der Waals surface area contributed by atoms with Crippen molar-refractivity contribution in [2.24, 2.45) is 5.92 Å². The molecule has 1 aliphatic carbocycles. The van der Waals surface area contributed by atoms with E-state index < -0.39 is 0 Å². The van der Waals surface area contributed by atoms with Crippen LogP contribution in [0.2, 0.25) is 5.02 Å². The van der Waals surface area contributed by atoms with Gasteiger partial charge in [-0.1, -0.05) is 61.7 Å². The van der Waals surface area contributed by atoms with Crippen molar-refractivity contribution in [2.45, 2.75) is 50.9 Å². The number of nitrogens with zero attached hydrogens (tertiary/aromatic N) is 5. The SMILES string of the molecule is CC1CCN(c2cc(N3CCN(c4ccccc4)CC3)nc(NC(=S)NCC3(c4cccc(Cl)c4)CCCC3)n2)CC1. The van der Waals surface area contributed by atoms with Crippen molar-refractivity contribution < 1.29 is 0 Å². The van der Waals surface area contributed by atoms with E-state index in [9.17, 15) is 0 Å². The Morgan fingerprint density at radius 3 is 2.17 bits per heavy atom. The molecule has 1 aromatic heterocycles. The maximum Gasteiger partial charge on any atom is 0.232 e. The van der Waals surface area contributed by atoms with Crippen molar-refractivity contribution in [3.63, 3.8) is 0 Å². The van der Waals surface area contributed by atoms with Gasteiger partial charge in [0.05, 0.1) is 0 Å². The third-order valence-corrected chi connectivity index (χ3v) is 9.82. The third kappa shape index (κ3) is 6.76. The number of benzene rings is 2. The van der Waals surface area contributed by atoms with E-state index in [2.05, 4.69) is 86.9 Å². The van der Waals surface area contributed by atoms with Crippen LogP contribution in [0.15, 0.2) is 60.7 Å². The summed E-state index contributed by atoms with van der Waals surface area (Å²) in [6.07, 6.45) is 7.05. The van der Waals surface area contributed by atoms with Crippen LogP contribution in [0, 0.1) is 5.92 Å². The number of piperazine rings is 1. The molecule has 0 amide bonds. The lowest BCUT2D eigenvalue weighted by Gasteiger charge is -2.37. The Morgan fingerprint density at radius 1 is 0.857 bits per heavy atom. The molecule has 222 valence electrons. The lowest BCUT2D eigenvalue weighted by molar-refractivity contribution is 0.435. The second-order valence-electron chi connectivity index (χ2n) is 12.2. The number of hydrogen-bond donors (Lipinski definition) is 2. The highest BCUT2D eigenvalue weighted by atomic mass is 35.5. The van der Waals surface area contributed by atoms with Gasteiger partial charge in [-0.05, 0) is 73.6 Å². The fourth-order valence-corrected chi connectivity index (χ4v) is 7.06. The average molecular weight is 604 g/mol. The molecule has 1 saturated carbocycles. The number of hydrogen-bond acceptors (Lipinski definition) is 6. The molecule has 42 heavy (non-hydrogen) atoms. The van der Waals surface area contributed by atoms with Gasteiger partial charge >= 0.3 is 0 Å². The van der Waals surface area contributed by atoms with Crippen molar-refractivity contribution in [1.29, 1.82) is 0 Å². The van der Waals surface area contributed by atoms with E-state index >= 15 is 0 Å². The minimum Gasteiger partial charge on any atom is -0.368 e. The summed E-state index contributed by atoms with van der Waals surface area (Å²) in [6, 6.07) is 21.1. The van der Waals surface area contributed by atoms with Crippen LogP contribution in [0.25, 0.3) is 0 Å². The summed E-state index contributed by atoms with van der Waals surface area (Å²) in [5.74, 6) is 3.26. The molecule has 3 aliphatic rings. The smallest absolute Gasteiger partial charge is 0.232 e. The minimum absolute atomic E-state index is 0.0351. The predicted molar refractivity (Wildman–Crippen MR) is 179 cm³/mol. The molecule has 2 N–H and O–H groups in total. The Bertz CT molecular complexity index is 1350. The Labute approximate surface area is 260 Å². The van der Waals surface area contributed by atoms with Crippen molar-refractivity contribution in [3.8, 4) is 0 Å². The molecule has 7 nitrogen and oxygen atoms in total. The van der Waals surface area contributed by atoms with E-state index in [4.69, 9.17) is 33.8 Å². The van der Waals surface area contributed by atoms with E-state index in [0.29, 0.717) is 11.1 Å². The van der Waals surface area contributed by atoms with Gasteiger partial charge in [-0.3, -0.25) is 0 Å². The number of rotatable bonds is 7. The van der Waals surface area contributed by atoms with Gasteiger partial charge in [0, 0.05) is 68.0 Å². The molecule has 0 radical (unpaired) electrons. The molecule has 0 unspecified atom stereocenters. The normalized spacial score (nSPS) is 19.1. The minimum atomic E-state index is 0.0351. The number of piperidine rings is 1. The number of aromatic nitrogens is 2. The molecule has 0 bridgehead atoms. The maximum absolute atomic E-state index is 6.37. The zero-order valence-corrected chi connectivity index (χ0v) is 26.1. The second-order valence-corrected chi connectivity index (χ2v) is 13.0. The summed E-state index contributed by atoms with van der Waals surface area (Å²) in [6.45, 7) is 8.87. The molecule has 3 fully saturated rings. The molecule has 6 rings (SSSR count). The Kier molecular flexibility index (Phi) is 9.00. The summed E-state index contributed by atoms with van der Waals surface area (Å²) >= 11 is 12.2. The highest BCUT2D eigenvalue weighted by Gasteiger charge is 2.36. The summed E-state index contributed by atoms with van der Waals surface area (Å²) < 4.78 is 0. The Balaban J connectivity index is 1.17. The third-order valence-electron chi connectivity index (χ3n) is 9.34. The molecule has 0 atom stereocenters. The standard InChI is InChI=1S/C33H42ClN7S/c1-25-12-16-40(17-13-25)29-23-30(41-20-18-39(19-21-41)28-10-3-2-4-11-28)37-31(36-29)38-32(42)35-24-33(14-5-6-15-33)26-8-7-9-27(34)22-26/h2-4,7-11,22-23,25H,5-6,12-21,24H2,1H3,(H2,35,36,37,38,42). The van der Waals surface area contributed by atoms with Crippen LogP contribution < -0.4 is 25.3 Å². The second kappa shape index (κ2) is 13.0. The number of halogens is 1. The first-order valence-corrected chi connectivity index (χ1v) is 16.3. The van der Waals surface area contributed by atoms with E-state index in [1.54, 1.807) is 0 Å². The molecule has 2 aromatic carbocycles. The van der Waals surface area contributed by atoms with Gasteiger partial charge in [-0.2, -0.15) is 9.97 Å². The van der Waals surface area contributed by atoms with Crippen LogP contribution in [0.5, 0.6) is 0 Å². The molecule has 9 heteroatoms. The van der Waals surface area contributed by atoms with Crippen LogP contribution in [0.1, 0.15) is 51.0 Å². The number of para-hydroxylation sites is 1. The van der Waals surface area contributed by atoms with Crippen LogP contribution in [0.4, 0.5) is 23.3 Å². The van der Waals surface area contributed by atoms with Gasteiger partial charge in [-0.15, -0.1) is 0 Å². The molecular weight excluding hydrogens is 562 g/mol. The van der Waals surface area contributed by atoms with Crippen molar-refractivity contribution in [1.82, 2.24) is 15.3 Å². The predicted octanol–water partition coefficient (Wildman–Crippen LogP) is 6.49. The summed E-state index contributed by atoms with van der Waals surface area (Å²) in [5, 5.41) is 8.23. The van der Waals surface area contributed by atoms with Gasteiger partial charge in [0.1, 0.15) is 11.6 Å². The lowest BCUT2D eigenvalue weighted by Crippen LogP contribution is -2.47. The molecule has 0 spiro atoms. The first kappa shape index (κ1) is 29.0. The first-order chi connectivity index (χ1) is 20.5. The van der Waals surface area contributed by atoms with E-state index in [-0.39, 0.29) is 5.41 Å². The fraction of sp³-hybridized carbons (Fsp3) is 0.485. The van der Waals surface area contributed by atoms with Crippen molar-refractivity contribution >= 4 is 52.2 Å². The Hall–Kier alpha value is -3.10. The molecule has 2 saturated heterocycles. The number of thiocarbonyl (C=S) groups is 1. The fourth-order valence-electron chi connectivity index (χ4n) is 6.71. The van der Waals surface area contributed by atoms with Gasteiger partial charge in [0.25, 0.3) is 0 Å². The highest BCUT2D eigenvalue weighted by molar-refractivity contribution is 7.80. The molecule has 3 aromatic rings. The topological polar surface area (TPSA) is 59.6 Å². The molecule has 3 heterocycles. The Morgan fingerprint density at radius 2 is 1.50 bits per heavy atom. The van der Waals surface area contributed by atoms with Crippen LogP contribution in [-0.4, -0.2) is 60.9 Å². The van der Waals surface area contributed by atoms with E-state index in [1.807, 2.05) is 6.07 Å². The van der Waals surface area contributed by atoms with Crippen molar-refractivity contribution in [3.05, 3.63) is 71.2 Å². The highest BCUT2D eigenvalue weighted by Crippen LogP contribution is 2.41. The van der Waals surface area contributed by atoms with Gasteiger partial charge in [0.15, 0.2) is 5.11 Å².